The van der Waals surface area contributed by atoms with Gasteiger partial charge in [0.05, 0.1) is 11.1 Å². The second kappa shape index (κ2) is 5.50. The van der Waals surface area contributed by atoms with Crippen LogP contribution in [0.4, 0.5) is 0 Å². The summed E-state index contributed by atoms with van der Waals surface area (Å²) in [6.07, 6.45) is -1.66. The summed E-state index contributed by atoms with van der Waals surface area (Å²) >= 11 is 5.78. The van der Waals surface area contributed by atoms with Crippen molar-refractivity contribution in [2.75, 3.05) is 6.54 Å². The molecule has 0 radical (unpaired) electrons. The second-order valence-corrected chi connectivity index (χ2v) is 4.16. The third-order valence-electron chi connectivity index (χ3n) is 2.44. The lowest BCUT2D eigenvalue weighted by Gasteiger charge is -2.18. The van der Waals surface area contributed by atoms with Crippen LogP contribution in [0.1, 0.15) is 23.7 Å². The molecule has 0 amide bonds. The molecule has 4 nitrogen and oxygen atoms in total. The summed E-state index contributed by atoms with van der Waals surface area (Å²) in [7, 11) is 0. The number of aliphatic hydroxyl groups is 2. The number of hydrogen-bond acceptors (Lipinski definition) is 4. The molecular weight excluding hydrogens is 230 g/mol. The van der Waals surface area contributed by atoms with Crippen molar-refractivity contribution in [3.05, 3.63) is 28.3 Å². The molecule has 5 N–H and O–H groups in total. The van der Waals surface area contributed by atoms with Gasteiger partial charge >= 0.3 is 0 Å². The summed E-state index contributed by atoms with van der Waals surface area (Å²) in [5.41, 5.74) is 6.32. The average molecular weight is 246 g/mol. The van der Waals surface area contributed by atoms with Crippen LogP contribution in [-0.4, -0.2) is 28.0 Å². The van der Waals surface area contributed by atoms with Crippen molar-refractivity contribution in [2.45, 2.75) is 25.6 Å². The van der Waals surface area contributed by atoms with Gasteiger partial charge in [-0.05, 0) is 43.1 Å². The average Bonchev–Trinajstić information content (AvgIpc) is 2.24. The van der Waals surface area contributed by atoms with Gasteiger partial charge in [0.15, 0.2) is 0 Å². The standard InChI is InChI=1S/C11H16ClNO3/c1-6-4-7(5-8(12)10(6)15)11(16)9(14)2-3-13/h4-5,9,11,14-16H,2-3,13H2,1H3. The van der Waals surface area contributed by atoms with E-state index in [1.165, 1.54) is 6.07 Å². The van der Waals surface area contributed by atoms with Gasteiger partial charge in [-0.2, -0.15) is 0 Å². The van der Waals surface area contributed by atoms with E-state index in [9.17, 15) is 15.3 Å². The summed E-state index contributed by atoms with van der Waals surface area (Å²) < 4.78 is 0. The van der Waals surface area contributed by atoms with E-state index >= 15 is 0 Å². The molecule has 0 aliphatic rings. The van der Waals surface area contributed by atoms with Crippen LogP contribution in [0, 0.1) is 6.92 Å². The van der Waals surface area contributed by atoms with Crippen LogP contribution in [-0.2, 0) is 0 Å². The number of phenols is 1. The highest BCUT2D eigenvalue weighted by Crippen LogP contribution is 2.31. The fourth-order valence-corrected chi connectivity index (χ4v) is 1.76. The maximum absolute atomic E-state index is 9.81. The van der Waals surface area contributed by atoms with Crippen LogP contribution in [0.15, 0.2) is 12.1 Å². The zero-order valence-electron chi connectivity index (χ0n) is 9.02. The highest BCUT2D eigenvalue weighted by molar-refractivity contribution is 6.32. The molecule has 0 bridgehead atoms. The number of aryl methyl sites for hydroxylation is 1. The van der Waals surface area contributed by atoms with Crippen LogP contribution in [0.2, 0.25) is 5.02 Å². The van der Waals surface area contributed by atoms with Gasteiger partial charge in [0.1, 0.15) is 11.9 Å². The van der Waals surface area contributed by atoms with Gasteiger partial charge in [-0.1, -0.05) is 11.6 Å². The van der Waals surface area contributed by atoms with E-state index in [4.69, 9.17) is 17.3 Å². The quantitative estimate of drug-likeness (QED) is 0.640. The van der Waals surface area contributed by atoms with Crippen molar-refractivity contribution in [2.24, 2.45) is 5.73 Å². The van der Waals surface area contributed by atoms with E-state index < -0.39 is 12.2 Å². The first kappa shape index (κ1) is 13.3. The van der Waals surface area contributed by atoms with E-state index in [0.717, 1.165) is 0 Å². The highest BCUT2D eigenvalue weighted by atomic mass is 35.5. The largest absolute Gasteiger partial charge is 0.506 e. The van der Waals surface area contributed by atoms with E-state index in [1.54, 1.807) is 13.0 Å². The molecule has 0 saturated heterocycles. The molecule has 0 aliphatic heterocycles. The number of rotatable bonds is 4. The Balaban J connectivity index is 2.96. The van der Waals surface area contributed by atoms with Gasteiger partial charge < -0.3 is 21.1 Å². The van der Waals surface area contributed by atoms with Gasteiger partial charge in [0.2, 0.25) is 0 Å². The fourth-order valence-electron chi connectivity index (χ4n) is 1.48. The molecule has 5 heteroatoms. The molecule has 0 aliphatic carbocycles. The highest BCUT2D eigenvalue weighted by Gasteiger charge is 2.19. The van der Waals surface area contributed by atoms with Crippen molar-refractivity contribution in [1.29, 1.82) is 0 Å². The lowest BCUT2D eigenvalue weighted by Crippen LogP contribution is -2.21. The van der Waals surface area contributed by atoms with Gasteiger partial charge in [0.25, 0.3) is 0 Å². The fraction of sp³-hybridized carbons (Fsp3) is 0.455. The smallest absolute Gasteiger partial charge is 0.137 e. The summed E-state index contributed by atoms with van der Waals surface area (Å²) in [5, 5.41) is 29.0. The van der Waals surface area contributed by atoms with Crippen molar-refractivity contribution in [3.8, 4) is 5.75 Å². The third kappa shape index (κ3) is 2.86. The summed E-state index contributed by atoms with van der Waals surface area (Å²) in [5.74, 6) is -0.00840. The van der Waals surface area contributed by atoms with Crippen LogP contribution in [0.3, 0.4) is 0 Å². The van der Waals surface area contributed by atoms with Crippen LogP contribution < -0.4 is 5.73 Å². The molecule has 0 saturated carbocycles. The van der Waals surface area contributed by atoms with Crippen molar-refractivity contribution in [3.63, 3.8) is 0 Å². The molecule has 0 spiro atoms. The lowest BCUT2D eigenvalue weighted by molar-refractivity contribution is 0.0150. The van der Waals surface area contributed by atoms with Crippen LogP contribution in [0.5, 0.6) is 5.75 Å². The summed E-state index contributed by atoms with van der Waals surface area (Å²) in [4.78, 5) is 0. The molecule has 0 heterocycles. The Kier molecular flexibility index (Phi) is 4.56. The van der Waals surface area contributed by atoms with Gasteiger partial charge in [-0.15, -0.1) is 0 Å². The van der Waals surface area contributed by atoms with E-state index in [-0.39, 0.29) is 10.8 Å². The number of halogens is 1. The molecule has 90 valence electrons. The third-order valence-corrected chi connectivity index (χ3v) is 2.73. The maximum Gasteiger partial charge on any atom is 0.137 e. The predicted molar refractivity (Wildman–Crippen MR) is 62.5 cm³/mol. The second-order valence-electron chi connectivity index (χ2n) is 3.76. The number of benzene rings is 1. The zero-order valence-corrected chi connectivity index (χ0v) is 9.78. The first-order valence-corrected chi connectivity index (χ1v) is 5.40. The van der Waals surface area contributed by atoms with Crippen molar-refractivity contribution >= 4 is 11.6 Å². The van der Waals surface area contributed by atoms with Gasteiger partial charge in [-0.3, -0.25) is 0 Å². The van der Waals surface area contributed by atoms with Gasteiger partial charge in [0, 0.05) is 0 Å². The molecule has 0 aromatic heterocycles. The number of hydrogen-bond donors (Lipinski definition) is 4. The minimum Gasteiger partial charge on any atom is -0.506 e. The SMILES string of the molecule is Cc1cc(C(O)C(O)CCN)cc(Cl)c1O. The van der Waals surface area contributed by atoms with E-state index in [0.29, 0.717) is 24.1 Å². The van der Waals surface area contributed by atoms with Gasteiger partial charge in [-0.25, -0.2) is 0 Å². The monoisotopic (exact) mass is 245 g/mol. The number of nitrogens with two attached hydrogens (primary N) is 1. The number of aromatic hydroxyl groups is 1. The molecule has 2 atom stereocenters. The Morgan fingerprint density at radius 3 is 2.50 bits per heavy atom. The normalized spacial score (nSPS) is 14.8. The Morgan fingerprint density at radius 2 is 2.00 bits per heavy atom. The molecule has 1 aromatic carbocycles. The molecule has 1 rings (SSSR count). The first-order valence-electron chi connectivity index (χ1n) is 5.02. The Morgan fingerprint density at radius 1 is 1.38 bits per heavy atom. The molecule has 1 aromatic rings. The Labute approximate surface area is 99.3 Å². The Hall–Kier alpha value is -0.810. The molecule has 0 fully saturated rings. The molecule has 16 heavy (non-hydrogen) atoms. The predicted octanol–water partition coefficient (Wildman–Crippen LogP) is 1.10. The van der Waals surface area contributed by atoms with Crippen LogP contribution in [0.25, 0.3) is 0 Å². The lowest BCUT2D eigenvalue weighted by atomic mass is 10.00. The topological polar surface area (TPSA) is 86.7 Å². The van der Waals surface area contributed by atoms with Crippen molar-refractivity contribution in [1.82, 2.24) is 0 Å². The minimum atomic E-state index is -1.04. The van der Waals surface area contributed by atoms with E-state index in [2.05, 4.69) is 0 Å². The maximum atomic E-state index is 9.81. The Bertz CT molecular complexity index is 347. The van der Waals surface area contributed by atoms with E-state index in [1.807, 2.05) is 0 Å². The summed E-state index contributed by atoms with van der Waals surface area (Å²) in [6, 6.07) is 3.03. The molecule has 2 unspecified atom stereocenters. The number of phenolic OH excluding ortho intramolecular Hbond substituents is 1. The summed E-state index contributed by atoms with van der Waals surface area (Å²) in [6.45, 7) is 1.97. The molecular formula is C11H16ClNO3. The number of aliphatic hydroxyl groups excluding tert-OH is 2. The van der Waals surface area contributed by atoms with Crippen molar-refractivity contribution < 1.29 is 15.3 Å². The first-order chi connectivity index (χ1) is 7.47. The zero-order chi connectivity index (χ0) is 12.3. The minimum absolute atomic E-state index is 0.00840. The van der Waals surface area contributed by atoms with Crippen LogP contribution >= 0.6 is 11.6 Å².